The first kappa shape index (κ1) is 25.7. The predicted octanol–water partition coefficient (Wildman–Crippen LogP) is 6.31. The summed E-state index contributed by atoms with van der Waals surface area (Å²) in [6, 6.07) is 28.2. The third-order valence-electron chi connectivity index (χ3n) is 7.77. The van der Waals surface area contributed by atoms with Gasteiger partial charge in [0.25, 0.3) is 5.91 Å². The summed E-state index contributed by atoms with van der Waals surface area (Å²) in [5.41, 5.74) is 4.25. The van der Waals surface area contributed by atoms with Crippen LogP contribution in [0.2, 0.25) is 0 Å². The summed E-state index contributed by atoms with van der Waals surface area (Å²) in [6.07, 6.45) is 4.12. The molecule has 0 unspecified atom stereocenters. The number of carbonyl (C=O) groups excluding carboxylic acids is 1. The smallest absolute Gasteiger partial charge is 0.252 e. The first-order chi connectivity index (χ1) is 19.5. The highest BCUT2D eigenvalue weighted by atomic mass is 16.1. The number of nitrogens with one attached hydrogen (secondary N) is 2. The van der Waals surface area contributed by atoms with Crippen molar-refractivity contribution in [2.75, 3.05) is 30.9 Å². The Morgan fingerprint density at radius 1 is 0.800 bits per heavy atom. The maximum Gasteiger partial charge on any atom is 0.252 e. The highest BCUT2D eigenvalue weighted by Crippen LogP contribution is 2.29. The Morgan fingerprint density at radius 3 is 2.17 bits per heavy atom. The van der Waals surface area contributed by atoms with E-state index in [1.165, 1.54) is 0 Å². The second-order valence-electron chi connectivity index (χ2n) is 10.8. The van der Waals surface area contributed by atoms with Crippen LogP contribution >= 0.6 is 0 Å². The van der Waals surface area contributed by atoms with E-state index in [2.05, 4.69) is 16.7 Å². The summed E-state index contributed by atoms with van der Waals surface area (Å²) < 4.78 is 0. The Kier molecular flexibility index (Phi) is 7.27. The number of amides is 1. The van der Waals surface area contributed by atoms with E-state index in [1.54, 1.807) is 0 Å². The molecule has 7 heteroatoms. The lowest BCUT2D eigenvalue weighted by atomic mass is 9.86. The van der Waals surface area contributed by atoms with Gasteiger partial charge in [-0.3, -0.25) is 4.79 Å². The van der Waals surface area contributed by atoms with Crippen molar-refractivity contribution in [2.24, 2.45) is 5.92 Å². The molecule has 7 nitrogen and oxygen atoms in total. The Bertz CT molecular complexity index is 1640. The van der Waals surface area contributed by atoms with Crippen molar-refractivity contribution >= 4 is 39.5 Å². The lowest BCUT2D eigenvalue weighted by molar-refractivity contribution is 0.0945. The van der Waals surface area contributed by atoms with E-state index >= 15 is 0 Å². The van der Waals surface area contributed by atoms with E-state index < -0.39 is 0 Å². The number of carbonyl (C=O) groups is 1. The molecule has 6 rings (SSSR count). The van der Waals surface area contributed by atoms with Gasteiger partial charge in [0.2, 0.25) is 5.95 Å². The molecule has 202 valence electrons. The summed E-state index contributed by atoms with van der Waals surface area (Å²) in [5, 5.41) is 8.73. The van der Waals surface area contributed by atoms with Gasteiger partial charge in [0.1, 0.15) is 5.82 Å². The molecule has 0 atom stereocenters. The first-order valence-electron chi connectivity index (χ1n) is 14.0. The second-order valence-corrected chi connectivity index (χ2v) is 10.8. The molecule has 0 saturated heterocycles. The van der Waals surface area contributed by atoms with Crippen molar-refractivity contribution in [3.8, 4) is 11.3 Å². The Balaban J connectivity index is 1.10. The number of nitrogens with zero attached hydrogens (tertiary/aromatic N) is 4. The molecule has 0 bridgehead atoms. The Labute approximate surface area is 234 Å². The number of rotatable bonds is 7. The van der Waals surface area contributed by atoms with Crippen LogP contribution in [-0.2, 0) is 0 Å². The molecule has 0 spiro atoms. The second kappa shape index (κ2) is 11.3. The Morgan fingerprint density at radius 2 is 1.45 bits per heavy atom. The van der Waals surface area contributed by atoms with Crippen LogP contribution < -0.4 is 15.5 Å². The number of fused-ring (bicyclic) bond motifs is 2. The van der Waals surface area contributed by atoms with Gasteiger partial charge in [-0.2, -0.15) is 4.98 Å². The normalized spacial score (nSPS) is 17.1. The lowest BCUT2D eigenvalue weighted by Crippen LogP contribution is -2.34. The summed E-state index contributed by atoms with van der Waals surface area (Å²) >= 11 is 0. The van der Waals surface area contributed by atoms with Gasteiger partial charge in [0, 0.05) is 43.0 Å². The SMILES string of the molecule is CN(C)c1nc(N[C@H]2CC[C@@H](CNC(=O)c3cc(-c4ccccc4)nc4ccccc34)CC2)nc2ccccc12. The number of pyridine rings is 1. The number of aromatic nitrogens is 3. The number of hydrogen-bond donors (Lipinski definition) is 2. The van der Waals surface area contributed by atoms with Crippen molar-refractivity contribution in [1.29, 1.82) is 0 Å². The highest BCUT2D eigenvalue weighted by Gasteiger charge is 2.23. The first-order valence-corrected chi connectivity index (χ1v) is 14.0. The number of hydrogen-bond acceptors (Lipinski definition) is 6. The number of para-hydroxylation sites is 2. The van der Waals surface area contributed by atoms with Crippen LogP contribution in [0.15, 0.2) is 84.9 Å². The van der Waals surface area contributed by atoms with Crippen molar-refractivity contribution in [3.63, 3.8) is 0 Å². The molecule has 1 amide bonds. The number of benzene rings is 3. The van der Waals surface area contributed by atoms with Crippen molar-refractivity contribution in [1.82, 2.24) is 20.3 Å². The minimum Gasteiger partial charge on any atom is -0.362 e. The van der Waals surface area contributed by atoms with Crippen LogP contribution in [0.1, 0.15) is 36.0 Å². The zero-order valence-electron chi connectivity index (χ0n) is 23.0. The van der Waals surface area contributed by atoms with Gasteiger partial charge in [-0.15, -0.1) is 0 Å². The molecule has 1 saturated carbocycles. The van der Waals surface area contributed by atoms with E-state index in [-0.39, 0.29) is 5.91 Å². The zero-order valence-corrected chi connectivity index (χ0v) is 23.0. The summed E-state index contributed by atoms with van der Waals surface area (Å²) in [5.74, 6) is 2.00. The molecule has 2 aromatic heterocycles. The van der Waals surface area contributed by atoms with E-state index in [0.717, 1.165) is 64.6 Å². The van der Waals surface area contributed by atoms with Crippen LogP contribution in [0.4, 0.5) is 11.8 Å². The quantitative estimate of drug-likeness (QED) is 0.257. The lowest BCUT2D eigenvalue weighted by Gasteiger charge is -2.29. The third-order valence-corrected chi connectivity index (χ3v) is 7.77. The van der Waals surface area contributed by atoms with Gasteiger partial charge < -0.3 is 15.5 Å². The molecule has 40 heavy (non-hydrogen) atoms. The van der Waals surface area contributed by atoms with Crippen molar-refractivity contribution in [3.05, 3.63) is 90.5 Å². The molecule has 5 aromatic rings. The average molecular weight is 531 g/mol. The molecule has 3 aromatic carbocycles. The van der Waals surface area contributed by atoms with Gasteiger partial charge in [-0.25, -0.2) is 9.97 Å². The standard InChI is InChI=1S/C33H34N6O/c1-39(2)31-26-13-7-9-15-29(26)37-33(38-31)35-24-18-16-22(17-19-24)21-34-32(40)27-20-30(23-10-4-3-5-11-23)36-28-14-8-6-12-25(27)28/h3-15,20,22,24H,16-19,21H2,1-2H3,(H,34,40)(H,35,37,38)/t22-,24+. The van der Waals surface area contributed by atoms with Crippen LogP contribution in [0.3, 0.4) is 0 Å². The maximum atomic E-state index is 13.4. The van der Waals surface area contributed by atoms with Crippen LogP contribution in [0.25, 0.3) is 33.1 Å². The monoisotopic (exact) mass is 530 g/mol. The maximum absolute atomic E-state index is 13.4. The fraction of sp³-hybridized carbons (Fsp3) is 0.273. The largest absolute Gasteiger partial charge is 0.362 e. The molecule has 2 N–H and O–H groups in total. The summed E-state index contributed by atoms with van der Waals surface area (Å²) in [6.45, 7) is 0.667. The van der Waals surface area contributed by atoms with Gasteiger partial charge in [-0.1, -0.05) is 60.7 Å². The molecular formula is C33H34N6O. The fourth-order valence-electron chi connectivity index (χ4n) is 5.61. The molecule has 1 aliphatic carbocycles. The van der Waals surface area contributed by atoms with E-state index in [1.807, 2.05) is 97.9 Å². The molecule has 1 fully saturated rings. The fourth-order valence-corrected chi connectivity index (χ4v) is 5.61. The van der Waals surface area contributed by atoms with Gasteiger partial charge in [0.15, 0.2) is 0 Å². The average Bonchev–Trinajstić information content (AvgIpc) is 3.00. The predicted molar refractivity (Wildman–Crippen MR) is 163 cm³/mol. The summed E-state index contributed by atoms with van der Waals surface area (Å²) in [4.78, 5) is 29.8. The van der Waals surface area contributed by atoms with Gasteiger partial charge in [0.05, 0.1) is 22.3 Å². The third kappa shape index (κ3) is 5.45. The van der Waals surface area contributed by atoms with E-state index in [9.17, 15) is 4.79 Å². The zero-order chi connectivity index (χ0) is 27.5. The summed E-state index contributed by atoms with van der Waals surface area (Å²) in [7, 11) is 4.02. The Hall–Kier alpha value is -4.52. The van der Waals surface area contributed by atoms with E-state index in [0.29, 0.717) is 30.0 Å². The van der Waals surface area contributed by atoms with Gasteiger partial charge >= 0.3 is 0 Å². The van der Waals surface area contributed by atoms with Crippen LogP contribution in [0, 0.1) is 5.92 Å². The number of anilines is 2. The van der Waals surface area contributed by atoms with Crippen LogP contribution in [-0.4, -0.2) is 47.5 Å². The van der Waals surface area contributed by atoms with Crippen molar-refractivity contribution < 1.29 is 4.79 Å². The minimum absolute atomic E-state index is 0.0446. The molecular weight excluding hydrogens is 496 g/mol. The minimum atomic E-state index is -0.0446. The topological polar surface area (TPSA) is 83.0 Å². The molecule has 1 aliphatic rings. The van der Waals surface area contributed by atoms with Crippen molar-refractivity contribution in [2.45, 2.75) is 31.7 Å². The highest BCUT2D eigenvalue weighted by molar-refractivity contribution is 6.07. The van der Waals surface area contributed by atoms with Gasteiger partial charge in [-0.05, 0) is 55.9 Å². The van der Waals surface area contributed by atoms with Crippen LogP contribution in [0.5, 0.6) is 0 Å². The molecule has 0 aliphatic heterocycles. The van der Waals surface area contributed by atoms with E-state index in [4.69, 9.17) is 15.0 Å². The molecule has 0 radical (unpaired) electrons. The molecule has 2 heterocycles.